The fourth-order valence-electron chi connectivity index (χ4n) is 2.98. The molecule has 0 saturated carbocycles. The largest absolute Gasteiger partial charge is 0.481 e. The summed E-state index contributed by atoms with van der Waals surface area (Å²) < 4.78 is 0. The lowest BCUT2D eigenvalue weighted by Gasteiger charge is -2.16. The standard InChI is InChI=1S/C18H20N2O3S/c1-2-15(21)19-18-20-17(14(24-18)10-16(22)23)13-8-7-11-5-3-4-6-12(11)9-13/h7-9H,2-6,10H2,1H3,(H,22,23)(H,19,20,21). The molecule has 5 nitrogen and oxygen atoms in total. The highest BCUT2D eigenvalue weighted by molar-refractivity contribution is 7.16. The number of carboxylic acids is 1. The van der Waals surface area contributed by atoms with Gasteiger partial charge in [0.05, 0.1) is 12.1 Å². The molecule has 1 aromatic carbocycles. The summed E-state index contributed by atoms with van der Waals surface area (Å²) in [6, 6.07) is 6.26. The van der Waals surface area contributed by atoms with Crippen molar-refractivity contribution < 1.29 is 14.7 Å². The molecule has 0 fully saturated rings. The Bertz CT molecular complexity index is 783. The SMILES string of the molecule is CCC(=O)Nc1nc(-c2ccc3c(c2)CCCC3)c(CC(=O)O)s1. The molecule has 0 bridgehead atoms. The van der Waals surface area contributed by atoms with E-state index in [1.165, 1.54) is 35.3 Å². The molecule has 0 atom stereocenters. The molecule has 0 radical (unpaired) electrons. The predicted molar refractivity (Wildman–Crippen MR) is 94.5 cm³/mol. The van der Waals surface area contributed by atoms with Gasteiger partial charge in [-0.2, -0.15) is 0 Å². The molecular weight excluding hydrogens is 324 g/mol. The van der Waals surface area contributed by atoms with Crippen LogP contribution in [0.1, 0.15) is 42.2 Å². The van der Waals surface area contributed by atoms with E-state index >= 15 is 0 Å². The fourth-order valence-corrected chi connectivity index (χ4v) is 3.97. The Balaban J connectivity index is 1.98. The topological polar surface area (TPSA) is 79.3 Å². The molecule has 1 heterocycles. The van der Waals surface area contributed by atoms with E-state index in [2.05, 4.69) is 22.4 Å². The van der Waals surface area contributed by atoms with Gasteiger partial charge in [0.1, 0.15) is 0 Å². The van der Waals surface area contributed by atoms with Gasteiger partial charge in [0.2, 0.25) is 5.91 Å². The number of hydrogen-bond acceptors (Lipinski definition) is 4. The van der Waals surface area contributed by atoms with Crippen LogP contribution in [0.4, 0.5) is 5.13 Å². The first-order valence-corrected chi connectivity index (χ1v) is 9.02. The third-order valence-electron chi connectivity index (χ3n) is 4.20. The van der Waals surface area contributed by atoms with Crippen molar-refractivity contribution in [3.8, 4) is 11.3 Å². The summed E-state index contributed by atoms with van der Waals surface area (Å²) >= 11 is 1.24. The highest BCUT2D eigenvalue weighted by Crippen LogP contribution is 2.34. The van der Waals surface area contributed by atoms with Crippen LogP contribution >= 0.6 is 11.3 Å². The average molecular weight is 344 g/mol. The van der Waals surface area contributed by atoms with E-state index < -0.39 is 5.97 Å². The van der Waals surface area contributed by atoms with Crippen molar-refractivity contribution in [1.82, 2.24) is 4.98 Å². The van der Waals surface area contributed by atoms with Crippen LogP contribution in [0.2, 0.25) is 0 Å². The molecule has 24 heavy (non-hydrogen) atoms. The Kier molecular flexibility index (Phi) is 4.94. The van der Waals surface area contributed by atoms with Crippen molar-refractivity contribution >= 4 is 28.3 Å². The highest BCUT2D eigenvalue weighted by atomic mass is 32.1. The second-order valence-corrected chi connectivity index (χ2v) is 7.04. The zero-order valence-electron chi connectivity index (χ0n) is 13.6. The number of aryl methyl sites for hydroxylation is 2. The maximum Gasteiger partial charge on any atom is 0.308 e. The molecule has 0 unspecified atom stereocenters. The Labute approximate surface area is 144 Å². The van der Waals surface area contributed by atoms with Crippen molar-refractivity contribution in [1.29, 1.82) is 0 Å². The molecule has 0 spiro atoms. The van der Waals surface area contributed by atoms with Crippen LogP contribution in [0, 0.1) is 0 Å². The smallest absolute Gasteiger partial charge is 0.308 e. The molecular formula is C18H20N2O3S. The molecule has 1 aliphatic carbocycles. The van der Waals surface area contributed by atoms with Gasteiger partial charge < -0.3 is 10.4 Å². The van der Waals surface area contributed by atoms with Gasteiger partial charge in [-0.25, -0.2) is 4.98 Å². The molecule has 0 aliphatic heterocycles. The maximum atomic E-state index is 11.6. The Morgan fingerprint density at radius 2 is 2.00 bits per heavy atom. The van der Waals surface area contributed by atoms with Gasteiger partial charge in [-0.3, -0.25) is 9.59 Å². The minimum atomic E-state index is -0.897. The van der Waals surface area contributed by atoms with Crippen LogP contribution < -0.4 is 5.32 Å². The predicted octanol–water partition coefficient (Wildman–Crippen LogP) is 3.66. The summed E-state index contributed by atoms with van der Waals surface area (Å²) in [5, 5.41) is 12.4. The van der Waals surface area contributed by atoms with Crippen molar-refractivity contribution in [3.63, 3.8) is 0 Å². The number of hydrogen-bond donors (Lipinski definition) is 2. The lowest BCUT2D eigenvalue weighted by atomic mass is 9.90. The van der Waals surface area contributed by atoms with E-state index in [1.807, 2.05) is 6.07 Å². The molecule has 2 N–H and O–H groups in total. The number of fused-ring (bicyclic) bond motifs is 1. The summed E-state index contributed by atoms with van der Waals surface area (Å²) in [4.78, 5) is 27.9. The van der Waals surface area contributed by atoms with E-state index in [0.717, 1.165) is 18.4 Å². The van der Waals surface area contributed by atoms with E-state index in [1.54, 1.807) is 6.92 Å². The summed E-state index contributed by atoms with van der Waals surface area (Å²) in [6.07, 6.45) is 4.84. The average Bonchev–Trinajstić information content (AvgIpc) is 2.95. The monoisotopic (exact) mass is 344 g/mol. The first-order chi connectivity index (χ1) is 11.6. The molecule has 126 valence electrons. The number of carbonyl (C=O) groups is 2. The van der Waals surface area contributed by atoms with E-state index in [0.29, 0.717) is 22.1 Å². The van der Waals surface area contributed by atoms with Gasteiger partial charge >= 0.3 is 5.97 Å². The van der Waals surface area contributed by atoms with Crippen LogP contribution in [0.3, 0.4) is 0 Å². The molecule has 1 aliphatic rings. The van der Waals surface area contributed by atoms with Gasteiger partial charge in [-0.15, -0.1) is 11.3 Å². The van der Waals surface area contributed by atoms with Crippen molar-refractivity contribution in [2.45, 2.75) is 45.4 Å². The summed E-state index contributed by atoms with van der Waals surface area (Å²) in [5.41, 5.74) is 4.30. The van der Waals surface area contributed by atoms with Crippen LogP contribution in [0.25, 0.3) is 11.3 Å². The number of carbonyl (C=O) groups excluding carboxylic acids is 1. The Hall–Kier alpha value is -2.21. The van der Waals surface area contributed by atoms with Crippen molar-refractivity contribution in [3.05, 3.63) is 34.2 Å². The number of nitrogens with one attached hydrogen (secondary N) is 1. The zero-order chi connectivity index (χ0) is 17.1. The van der Waals surface area contributed by atoms with Gasteiger partial charge in [0.15, 0.2) is 5.13 Å². The number of thiazole rings is 1. The lowest BCUT2D eigenvalue weighted by Crippen LogP contribution is -2.08. The zero-order valence-corrected chi connectivity index (χ0v) is 14.4. The quantitative estimate of drug-likeness (QED) is 0.867. The summed E-state index contributed by atoms with van der Waals surface area (Å²) in [7, 11) is 0. The molecule has 0 saturated heterocycles. The number of benzene rings is 1. The summed E-state index contributed by atoms with van der Waals surface area (Å²) in [5.74, 6) is -1.02. The second-order valence-electron chi connectivity index (χ2n) is 5.95. The normalized spacial score (nSPS) is 13.4. The third-order valence-corrected chi connectivity index (χ3v) is 5.17. The third kappa shape index (κ3) is 3.64. The molecule has 1 amide bonds. The van der Waals surface area contributed by atoms with Gasteiger partial charge in [-0.1, -0.05) is 19.1 Å². The van der Waals surface area contributed by atoms with Crippen LogP contribution in [-0.4, -0.2) is 22.0 Å². The maximum absolute atomic E-state index is 11.6. The number of aromatic nitrogens is 1. The van der Waals surface area contributed by atoms with Crippen LogP contribution in [-0.2, 0) is 28.9 Å². The van der Waals surface area contributed by atoms with Gasteiger partial charge in [-0.05, 0) is 42.9 Å². The van der Waals surface area contributed by atoms with Crippen LogP contribution in [0.15, 0.2) is 18.2 Å². The number of amides is 1. The fraction of sp³-hybridized carbons (Fsp3) is 0.389. The molecule has 3 rings (SSSR count). The van der Waals surface area contributed by atoms with E-state index in [9.17, 15) is 9.59 Å². The number of anilines is 1. The van der Waals surface area contributed by atoms with Crippen molar-refractivity contribution in [2.24, 2.45) is 0 Å². The number of carboxylic acid groups (broad SMARTS) is 1. The number of nitrogens with zero attached hydrogens (tertiary/aromatic N) is 1. The highest BCUT2D eigenvalue weighted by Gasteiger charge is 2.18. The Morgan fingerprint density at radius 1 is 1.25 bits per heavy atom. The van der Waals surface area contributed by atoms with Crippen LogP contribution in [0.5, 0.6) is 0 Å². The minimum absolute atomic E-state index is 0.0912. The molecule has 6 heteroatoms. The second kappa shape index (κ2) is 7.13. The van der Waals surface area contributed by atoms with E-state index in [4.69, 9.17) is 5.11 Å². The van der Waals surface area contributed by atoms with Gasteiger partial charge in [0, 0.05) is 16.9 Å². The summed E-state index contributed by atoms with van der Waals surface area (Å²) in [6.45, 7) is 1.77. The van der Waals surface area contributed by atoms with Crippen molar-refractivity contribution in [2.75, 3.05) is 5.32 Å². The van der Waals surface area contributed by atoms with E-state index in [-0.39, 0.29) is 12.3 Å². The first-order valence-electron chi connectivity index (χ1n) is 8.20. The molecule has 1 aromatic heterocycles. The molecule has 2 aromatic rings. The number of rotatable bonds is 5. The minimum Gasteiger partial charge on any atom is -0.481 e. The first kappa shape index (κ1) is 16.6. The van der Waals surface area contributed by atoms with Gasteiger partial charge in [0.25, 0.3) is 0 Å². The lowest BCUT2D eigenvalue weighted by molar-refractivity contribution is -0.136. The number of aliphatic carboxylic acids is 1. The Morgan fingerprint density at radius 3 is 2.71 bits per heavy atom.